The van der Waals surface area contributed by atoms with Crippen molar-refractivity contribution in [3.63, 3.8) is 0 Å². The van der Waals surface area contributed by atoms with Crippen LogP contribution in [0.1, 0.15) is 38.5 Å². The number of hydrogen-bond acceptors (Lipinski definition) is 5. The van der Waals surface area contributed by atoms with Gasteiger partial charge in [0.15, 0.2) is 0 Å². The van der Waals surface area contributed by atoms with E-state index in [0.717, 1.165) is 25.7 Å². The summed E-state index contributed by atoms with van der Waals surface area (Å²) in [6.07, 6.45) is 5.65. The van der Waals surface area contributed by atoms with Gasteiger partial charge in [0.25, 0.3) is 0 Å². The van der Waals surface area contributed by atoms with Gasteiger partial charge in [0.2, 0.25) is 11.8 Å². The van der Waals surface area contributed by atoms with Crippen molar-refractivity contribution in [1.29, 1.82) is 0 Å². The highest BCUT2D eigenvalue weighted by Gasteiger charge is 2.30. The maximum atomic E-state index is 12.2. The SMILES string of the molecule is COCCOCC(=O)NC1CCC(C(=O)NCC(N)C2CC2)CC1. The molecule has 4 N–H and O–H groups in total. The van der Waals surface area contributed by atoms with Crippen LogP contribution >= 0.6 is 0 Å². The molecule has 0 aromatic carbocycles. The molecule has 0 aromatic rings. The normalized spacial score (nSPS) is 25.1. The monoisotopic (exact) mass is 341 g/mol. The number of hydrogen-bond donors (Lipinski definition) is 3. The second kappa shape index (κ2) is 9.96. The molecule has 0 saturated heterocycles. The number of ether oxygens (including phenoxy) is 2. The van der Waals surface area contributed by atoms with Crippen LogP contribution in [0.4, 0.5) is 0 Å². The first-order valence-corrected chi connectivity index (χ1v) is 8.99. The molecular weight excluding hydrogens is 310 g/mol. The molecule has 2 aliphatic carbocycles. The second-order valence-corrected chi connectivity index (χ2v) is 6.91. The summed E-state index contributed by atoms with van der Waals surface area (Å²) in [5, 5.41) is 5.96. The van der Waals surface area contributed by atoms with Crippen molar-refractivity contribution < 1.29 is 19.1 Å². The average molecular weight is 341 g/mol. The largest absolute Gasteiger partial charge is 0.382 e. The number of nitrogens with two attached hydrogens (primary N) is 1. The fourth-order valence-electron chi connectivity index (χ4n) is 3.13. The Hall–Kier alpha value is -1.18. The van der Waals surface area contributed by atoms with Gasteiger partial charge in [-0.15, -0.1) is 0 Å². The van der Waals surface area contributed by atoms with Gasteiger partial charge in [0.1, 0.15) is 6.61 Å². The van der Waals surface area contributed by atoms with Gasteiger partial charge in [0.05, 0.1) is 13.2 Å². The summed E-state index contributed by atoms with van der Waals surface area (Å²) in [5.74, 6) is 0.651. The fourth-order valence-corrected chi connectivity index (χ4v) is 3.13. The van der Waals surface area contributed by atoms with Gasteiger partial charge in [0, 0.05) is 31.7 Å². The van der Waals surface area contributed by atoms with Gasteiger partial charge in [-0.3, -0.25) is 9.59 Å². The fraction of sp³-hybridized carbons (Fsp3) is 0.882. The third-order valence-corrected chi connectivity index (χ3v) is 4.87. The summed E-state index contributed by atoms with van der Waals surface area (Å²) >= 11 is 0. The van der Waals surface area contributed by atoms with Gasteiger partial charge >= 0.3 is 0 Å². The van der Waals surface area contributed by atoms with E-state index in [9.17, 15) is 9.59 Å². The molecule has 0 heterocycles. The lowest BCUT2D eigenvalue weighted by atomic mass is 9.85. The Balaban J connectivity index is 1.56. The zero-order valence-corrected chi connectivity index (χ0v) is 14.6. The van der Waals surface area contributed by atoms with E-state index in [1.54, 1.807) is 7.11 Å². The lowest BCUT2D eigenvalue weighted by Crippen LogP contribution is -2.44. The Morgan fingerprint density at radius 3 is 2.46 bits per heavy atom. The quantitative estimate of drug-likeness (QED) is 0.492. The number of carbonyl (C=O) groups excluding carboxylic acids is 2. The summed E-state index contributed by atoms with van der Waals surface area (Å²) in [6.45, 7) is 1.54. The van der Waals surface area contributed by atoms with Crippen LogP contribution in [0.3, 0.4) is 0 Å². The zero-order chi connectivity index (χ0) is 17.4. The van der Waals surface area contributed by atoms with Gasteiger partial charge < -0.3 is 25.8 Å². The summed E-state index contributed by atoms with van der Waals surface area (Å²) in [5.41, 5.74) is 6.01. The van der Waals surface area contributed by atoms with Crippen LogP contribution in [-0.4, -0.2) is 57.4 Å². The van der Waals surface area contributed by atoms with Crippen molar-refractivity contribution in [3.8, 4) is 0 Å². The van der Waals surface area contributed by atoms with E-state index in [0.29, 0.717) is 25.7 Å². The molecule has 2 rings (SSSR count). The highest BCUT2D eigenvalue weighted by molar-refractivity contribution is 5.79. The van der Waals surface area contributed by atoms with E-state index in [1.165, 1.54) is 12.8 Å². The number of amides is 2. The minimum absolute atomic E-state index is 0.0440. The van der Waals surface area contributed by atoms with Gasteiger partial charge in [-0.05, 0) is 44.4 Å². The van der Waals surface area contributed by atoms with Crippen LogP contribution in [-0.2, 0) is 19.1 Å². The lowest BCUT2D eigenvalue weighted by Gasteiger charge is -2.28. The van der Waals surface area contributed by atoms with Crippen LogP contribution in [0.2, 0.25) is 0 Å². The molecular formula is C17H31N3O4. The Labute approximate surface area is 144 Å². The molecule has 2 amide bonds. The van der Waals surface area contributed by atoms with Crippen LogP contribution in [0.25, 0.3) is 0 Å². The van der Waals surface area contributed by atoms with E-state index >= 15 is 0 Å². The maximum absolute atomic E-state index is 12.2. The number of rotatable bonds is 10. The standard InChI is InChI=1S/C17H31N3O4/c1-23-8-9-24-11-16(21)20-14-6-4-13(5-7-14)17(22)19-10-15(18)12-2-3-12/h12-15H,2-11,18H2,1H3,(H,19,22)(H,20,21). The first-order valence-electron chi connectivity index (χ1n) is 8.99. The van der Waals surface area contributed by atoms with E-state index < -0.39 is 0 Å². The molecule has 0 radical (unpaired) electrons. The maximum Gasteiger partial charge on any atom is 0.246 e. The molecule has 2 aliphatic rings. The summed E-state index contributed by atoms with van der Waals surface area (Å²) in [4.78, 5) is 24.0. The van der Waals surface area contributed by atoms with Crippen LogP contribution in [0.5, 0.6) is 0 Å². The van der Waals surface area contributed by atoms with Gasteiger partial charge in [-0.2, -0.15) is 0 Å². The molecule has 138 valence electrons. The molecule has 0 spiro atoms. The lowest BCUT2D eigenvalue weighted by molar-refractivity contribution is -0.127. The van der Waals surface area contributed by atoms with Crippen molar-refractivity contribution >= 4 is 11.8 Å². The Bertz CT molecular complexity index is 407. The van der Waals surface area contributed by atoms with E-state index in [-0.39, 0.29) is 36.4 Å². The minimum Gasteiger partial charge on any atom is -0.382 e. The first kappa shape index (κ1) is 19.1. The zero-order valence-electron chi connectivity index (χ0n) is 14.6. The second-order valence-electron chi connectivity index (χ2n) is 6.91. The molecule has 0 aliphatic heterocycles. The van der Waals surface area contributed by atoms with Crippen molar-refractivity contribution in [2.45, 2.75) is 50.6 Å². The van der Waals surface area contributed by atoms with Crippen LogP contribution in [0.15, 0.2) is 0 Å². The summed E-state index contributed by atoms with van der Waals surface area (Å²) < 4.78 is 10.1. The molecule has 0 aromatic heterocycles. The molecule has 1 atom stereocenters. The number of carbonyl (C=O) groups is 2. The van der Waals surface area contributed by atoms with Crippen LogP contribution in [0, 0.1) is 11.8 Å². The van der Waals surface area contributed by atoms with Crippen LogP contribution < -0.4 is 16.4 Å². The van der Waals surface area contributed by atoms with Gasteiger partial charge in [-0.25, -0.2) is 0 Å². The molecule has 0 bridgehead atoms. The van der Waals surface area contributed by atoms with Crippen molar-refractivity contribution in [1.82, 2.24) is 10.6 Å². The van der Waals surface area contributed by atoms with Gasteiger partial charge in [-0.1, -0.05) is 0 Å². The van der Waals surface area contributed by atoms with E-state index in [4.69, 9.17) is 15.2 Å². The number of methoxy groups -OCH3 is 1. The molecule has 7 heteroatoms. The Kier molecular flexibility index (Phi) is 7.94. The Morgan fingerprint density at radius 1 is 1.12 bits per heavy atom. The molecule has 1 unspecified atom stereocenters. The topological polar surface area (TPSA) is 103 Å². The summed E-state index contributed by atoms with van der Waals surface area (Å²) in [7, 11) is 1.59. The molecule has 2 fully saturated rings. The first-order chi connectivity index (χ1) is 11.6. The molecule has 7 nitrogen and oxygen atoms in total. The Morgan fingerprint density at radius 2 is 1.83 bits per heavy atom. The van der Waals surface area contributed by atoms with Crippen molar-refractivity contribution in [2.24, 2.45) is 17.6 Å². The van der Waals surface area contributed by atoms with Crippen molar-refractivity contribution in [2.75, 3.05) is 33.5 Å². The minimum atomic E-state index is -0.102. The molecule has 24 heavy (non-hydrogen) atoms. The average Bonchev–Trinajstić information content (AvgIpc) is 3.42. The predicted molar refractivity (Wildman–Crippen MR) is 90.3 cm³/mol. The summed E-state index contributed by atoms with van der Waals surface area (Å²) in [6, 6.07) is 0.240. The van der Waals surface area contributed by atoms with E-state index in [2.05, 4.69) is 10.6 Å². The third kappa shape index (κ3) is 6.75. The smallest absolute Gasteiger partial charge is 0.246 e. The molecule has 2 saturated carbocycles. The highest BCUT2D eigenvalue weighted by atomic mass is 16.5. The van der Waals surface area contributed by atoms with Crippen molar-refractivity contribution in [3.05, 3.63) is 0 Å². The highest BCUT2D eigenvalue weighted by Crippen LogP contribution is 2.31. The van der Waals surface area contributed by atoms with E-state index in [1.807, 2.05) is 0 Å². The predicted octanol–water partition coefficient (Wildman–Crippen LogP) is 0.178. The number of nitrogens with one attached hydrogen (secondary N) is 2. The third-order valence-electron chi connectivity index (χ3n) is 4.87.